The van der Waals surface area contributed by atoms with E-state index in [0.717, 1.165) is 10.7 Å². The van der Waals surface area contributed by atoms with E-state index in [9.17, 15) is 22.8 Å². The number of hydrogen-bond donors (Lipinski definition) is 2. The fourth-order valence-electron chi connectivity index (χ4n) is 2.11. The number of nitrogens with zero attached hydrogens (tertiary/aromatic N) is 2. The fraction of sp³-hybridized carbons (Fsp3) is 0.312. The van der Waals surface area contributed by atoms with Gasteiger partial charge >= 0.3 is 12.1 Å². The molecule has 0 unspecified atom stereocenters. The van der Waals surface area contributed by atoms with Crippen LogP contribution < -0.4 is 5.32 Å². The van der Waals surface area contributed by atoms with Crippen LogP contribution in [0.3, 0.4) is 0 Å². The van der Waals surface area contributed by atoms with Gasteiger partial charge in [0.15, 0.2) is 5.69 Å². The van der Waals surface area contributed by atoms with E-state index in [1.54, 1.807) is 6.07 Å². The van der Waals surface area contributed by atoms with Crippen LogP contribution in [-0.4, -0.2) is 33.3 Å². The van der Waals surface area contributed by atoms with Gasteiger partial charge in [-0.15, -0.1) is 0 Å². The SMILES string of the molecule is O=C(O)CCCCNC(=O)c1cccc(-n2ccc(C(F)(F)F)n2)c1. The molecule has 0 saturated heterocycles. The van der Waals surface area contributed by atoms with Crippen LogP contribution in [0.5, 0.6) is 0 Å². The van der Waals surface area contributed by atoms with Crippen LogP contribution in [0.1, 0.15) is 35.3 Å². The number of carbonyl (C=O) groups excluding carboxylic acids is 1. The van der Waals surface area contributed by atoms with Gasteiger partial charge in [-0.25, -0.2) is 4.68 Å². The van der Waals surface area contributed by atoms with Crippen molar-refractivity contribution in [1.29, 1.82) is 0 Å². The minimum Gasteiger partial charge on any atom is -0.481 e. The van der Waals surface area contributed by atoms with Crippen molar-refractivity contribution in [2.75, 3.05) is 6.54 Å². The molecule has 1 heterocycles. The summed E-state index contributed by atoms with van der Waals surface area (Å²) < 4.78 is 38.8. The van der Waals surface area contributed by atoms with E-state index in [-0.39, 0.29) is 17.9 Å². The number of carboxylic acids is 1. The number of nitrogens with one attached hydrogen (secondary N) is 1. The minimum absolute atomic E-state index is 0.0339. The summed E-state index contributed by atoms with van der Waals surface area (Å²) in [4.78, 5) is 22.4. The van der Waals surface area contributed by atoms with Crippen molar-refractivity contribution in [1.82, 2.24) is 15.1 Å². The number of aliphatic carboxylic acids is 1. The van der Waals surface area contributed by atoms with Gasteiger partial charge in [-0.05, 0) is 37.1 Å². The van der Waals surface area contributed by atoms with Crippen LogP contribution in [0.4, 0.5) is 13.2 Å². The van der Waals surface area contributed by atoms with E-state index in [2.05, 4.69) is 10.4 Å². The summed E-state index contributed by atoms with van der Waals surface area (Å²) >= 11 is 0. The molecule has 1 aromatic heterocycles. The predicted molar refractivity (Wildman–Crippen MR) is 82.4 cm³/mol. The molecular weight excluding hydrogens is 339 g/mol. The maximum atomic E-state index is 12.6. The van der Waals surface area contributed by atoms with Crippen LogP contribution in [0.2, 0.25) is 0 Å². The Balaban J connectivity index is 1.99. The summed E-state index contributed by atoms with van der Waals surface area (Å²) in [6.45, 7) is 0.316. The lowest BCUT2D eigenvalue weighted by Gasteiger charge is -2.07. The zero-order valence-corrected chi connectivity index (χ0v) is 13.1. The predicted octanol–water partition coefficient (Wildman–Crippen LogP) is 2.88. The van der Waals surface area contributed by atoms with Crippen molar-refractivity contribution in [3.63, 3.8) is 0 Å². The van der Waals surface area contributed by atoms with E-state index >= 15 is 0 Å². The van der Waals surface area contributed by atoms with E-state index < -0.39 is 17.8 Å². The number of benzene rings is 1. The van der Waals surface area contributed by atoms with Gasteiger partial charge in [-0.3, -0.25) is 9.59 Å². The third-order valence-electron chi connectivity index (χ3n) is 3.36. The molecule has 2 N–H and O–H groups in total. The topological polar surface area (TPSA) is 84.2 Å². The lowest BCUT2D eigenvalue weighted by atomic mass is 10.2. The highest BCUT2D eigenvalue weighted by Crippen LogP contribution is 2.27. The van der Waals surface area contributed by atoms with Crippen molar-refractivity contribution in [3.05, 3.63) is 47.8 Å². The Kier molecular flexibility index (Phi) is 5.79. The summed E-state index contributed by atoms with van der Waals surface area (Å²) in [5.41, 5.74) is -0.408. The Morgan fingerprint density at radius 1 is 1.20 bits per heavy atom. The second-order valence-corrected chi connectivity index (χ2v) is 5.30. The molecule has 1 aromatic carbocycles. The van der Waals surface area contributed by atoms with E-state index in [0.29, 0.717) is 25.1 Å². The van der Waals surface area contributed by atoms with E-state index in [1.807, 2.05) is 0 Å². The number of alkyl halides is 3. The molecule has 0 radical (unpaired) electrons. The maximum Gasteiger partial charge on any atom is 0.435 e. The van der Waals surface area contributed by atoms with Gasteiger partial charge in [-0.2, -0.15) is 18.3 Å². The number of unbranched alkanes of at least 4 members (excludes halogenated alkanes) is 1. The van der Waals surface area contributed by atoms with Crippen molar-refractivity contribution in [3.8, 4) is 5.69 Å². The summed E-state index contributed by atoms with van der Waals surface area (Å²) in [6.07, 6.45) is -2.36. The average molecular weight is 355 g/mol. The van der Waals surface area contributed by atoms with Crippen LogP contribution in [0.15, 0.2) is 36.5 Å². The summed E-state index contributed by atoms with van der Waals surface area (Å²) in [6, 6.07) is 6.90. The number of carboxylic acid groups (broad SMARTS) is 1. The molecule has 25 heavy (non-hydrogen) atoms. The van der Waals surface area contributed by atoms with Gasteiger partial charge in [0.1, 0.15) is 0 Å². The number of hydrogen-bond acceptors (Lipinski definition) is 3. The monoisotopic (exact) mass is 355 g/mol. The van der Waals surface area contributed by atoms with Crippen molar-refractivity contribution < 1.29 is 27.9 Å². The molecule has 0 aliphatic rings. The molecule has 1 amide bonds. The second kappa shape index (κ2) is 7.82. The molecule has 0 aliphatic carbocycles. The Hall–Kier alpha value is -2.84. The molecule has 0 fully saturated rings. The smallest absolute Gasteiger partial charge is 0.435 e. The van der Waals surface area contributed by atoms with Crippen LogP contribution in [-0.2, 0) is 11.0 Å². The van der Waals surface area contributed by atoms with E-state index in [1.165, 1.54) is 24.4 Å². The Morgan fingerprint density at radius 3 is 2.60 bits per heavy atom. The molecule has 6 nitrogen and oxygen atoms in total. The number of halogens is 3. The first-order valence-electron chi connectivity index (χ1n) is 7.50. The van der Waals surface area contributed by atoms with Gasteiger partial charge in [0.05, 0.1) is 5.69 Å². The van der Waals surface area contributed by atoms with Gasteiger partial charge in [0, 0.05) is 24.7 Å². The number of amides is 1. The van der Waals surface area contributed by atoms with Gasteiger partial charge < -0.3 is 10.4 Å². The maximum absolute atomic E-state index is 12.6. The summed E-state index contributed by atoms with van der Waals surface area (Å²) in [5.74, 6) is -1.28. The Labute approximate surface area is 141 Å². The molecule has 0 atom stereocenters. The first kappa shape index (κ1) is 18.5. The zero-order valence-electron chi connectivity index (χ0n) is 13.1. The quantitative estimate of drug-likeness (QED) is 0.748. The first-order chi connectivity index (χ1) is 11.8. The average Bonchev–Trinajstić information content (AvgIpc) is 3.04. The first-order valence-corrected chi connectivity index (χ1v) is 7.50. The highest BCUT2D eigenvalue weighted by molar-refractivity contribution is 5.94. The number of rotatable bonds is 7. The van der Waals surface area contributed by atoms with E-state index in [4.69, 9.17) is 5.11 Å². The highest BCUT2D eigenvalue weighted by Gasteiger charge is 2.33. The third-order valence-corrected chi connectivity index (χ3v) is 3.36. The van der Waals surface area contributed by atoms with Crippen LogP contribution >= 0.6 is 0 Å². The van der Waals surface area contributed by atoms with Crippen LogP contribution in [0, 0.1) is 0 Å². The van der Waals surface area contributed by atoms with Gasteiger partial charge in [-0.1, -0.05) is 6.07 Å². The van der Waals surface area contributed by atoms with Crippen molar-refractivity contribution in [2.45, 2.75) is 25.4 Å². The van der Waals surface area contributed by atoms with Gasteiger partial charge in [0.25, 0.3) is 5.91 Å². The molecule has 2 aromatic rings. The third kappa shape index (κ3) is 5.33. The lowest BCUT2D eigenvalue weighted by molar-refractivity contribution is -0.141. The fourth-order valence-corrected chi connectivity index (χ4v) is 2.11. The van der Waals surface area contributed by atoms with Crippen molar-refractivity contribution >= 4 is 11.9 Å². The molecule has 9 heteroatoms. The van der Waals surface area contributed by atoms with Crippen molar-refractivity contribution in [2.24, 2.45) is 0 Å². The summed E-state index contributed by atoms with van der Waals surface area (Å²) in [7, 11) is 0. The molecule has 2 rings (SSSR count). The lowest BCUT2D eigenvalue weighted by Crippen LogP contribution is -2.24. The molecule has 134 valence electrons. The standard InChI is InChI=1S/C16H16F3N3O3/c17-16(18,19)13-7-9-22(21-13)12-5-3-4-11(10-12)15(25)20-8-2-1-6-14(23)24/h3-5,7,9-10H,1-2,6,8H2,(H,20,25)(H,23,24). The van der Waals surface area contributed by atoms with Gasteiger partial charge in [0.2, 0.25) is 0 Å². The minimum atomic E-state index is -4.53. The number of aromatic nitrogens is 2. The zero-order chi connectivity index (χ0) is 18.4. The Morgan fingerprint density at radius 2 is 1.96 bits per heavy atom. The van der Waals surface area contributed by atoms with Crippen LogP contribution in [0.25, 0.3) is 5.69 Å². The largest absolute Gasteiger partial charge is 0.481 e. The molecule has 0 saturated carbocycles. The highest BCUT2D eigenvalue weighted by atomic mass is 19.4. The Bertz CT molecular complexity index is 756. The number of carbonyl (C=O) groups is 2. The second-order valence-electron chi connectivity index (χ2n) is 5.30. The normalized spacial score (nSPS) is 11.3. The molecule has 0 spiro atoms. The molecule has 0 bridgehead atoms. The molecule has 0 aliphatic heterocycles. The summed E-state index contributed by atoms with van der Waals surface area (Å²) in [5, 5.41) is 14.6. The molecular formula is C16H16F3N3O3.